The van der Waals surface area contributed by atoms with E-state index in [0.29, 0.717) is 10.2 Å². The van der Waals surface area contributed by atoms with E-state index >= 15 is 0 Å². The molecule has 1 heterocycles. The van der Waals surface area contributed by atoms with E-state index in [0.717, 1.165) is 32.4 Å². The van der Waals surface area contributed by atoms with Crippen LogP contribution in [-0.4, -0.2) is 30.1 Å². The van der Waals surface area contributed by atoms with Crippen LogP contribution < -0.4 is 10.6 Å². The highest BCUT2D eigenvalue weighted by Crippen LogP contribution is 2.58. The van der Waals surface area contributed by atoms with Gasteiger partial charge in [0.05, 0.1) is 5.56 Å². The Kier molecular flexibility index (Phi) is 3.75. The van der Waals surface area contributed by atoms with E-state index < -0.39 is 5.97 Å². The summed E-state index contributed by atoms with van der Waals surface area (Å²) < 4.78 is 0.509. The SMILES string of the molecule is O=C(O)c1cc(NC(=O)C2CC23CCNCC3)ccc1Br. The van der Waals surface area contributed by atoms with Crippen molar-refractivity contribution in [1.29, 1.82) is 0 Å². The first-order valence-electron chi connectivity index (χ1n) is 7.06. The van der Waals surface area contributed by atoms with Crippen LogP contribution in [0.5, 0.6) is 0 Å². The van der Waals surface area contributed by atoms with E-state index in [4.69, 9.17) is 5.11 Å². The molecule has 1 aliphatic carbocycles. The first-order valence-corrected chi connectivity index (χ1v) is 7.86. The highest BCUT2D eigenvalue weighted by molar-refractivity contribution is 9.10. The monoisotopic (exact) mass is 352 g/mol. The van der Waals surface area contributed by atoms with Crippen LogP contribution in [0, 0.1) is 11.3 Å². The van der Waals surface area contributed by atoms with Gasteiger partial charge in [0, 0.05) is 16.1 Å². The van der Waals surface area contributed by atoms with Gasteiger partial charge in [0.2, 0.25) is 5.91 Å². The molecule has 1 unspecified atom stereocenters. The average molecular weight is 353 g/mol. The van der Waals surface area contributed by atoms with Crippen LogP contribution in [0.25, 0.3) is 0 Å². The molecule has 5 nitrogen and oxygen atoms in total. The molecule has 1 saturated heterocycles. The van der Waals surface area contributed by atoms with E-state index in [1.165, 1.54) is 6.07 Å². The number of hydrogen-bond donors (Lipinski definition) is 3. The van der Waals surface area contributed by atoms with E-state index in [9.17, 15) is 9.59 Å². The van der Waals surface area contributed by atoms with Crippen LogP contribution in [0.2, 0.25) is 0 Å². The van der Waals surface area contributed by atoms with Crippen molar-refractivity contribution in [2.45, 2.75) is 19.3 Å². The van der Waals surface area contributed by atoms with E-state index in [-0.39, 0.29) is 22.8 Å². The number of carboxylic acids is 1. The smallest absolute Gasteiger partial charge is 0.336 e. The van der Waals surface area contributed by atoms with Gasteiger partial charge in [0.1, 0.15) is 0 Å². The lowest BCUT2D eigenvalue weighted by Crippen LogP contribution is -2.31. The predicted octanol–water partition coefficient (Wildman–Crippen LogP) is 2.48. The first-order chi connectivity index (χ1) is 10.0. The molecule has 1 aromatic rings. The topological polar surface area (TPSA) is 78.4 Å². The third-order valence-corrected chi connectivity index (χ3v) is 5.26. The Morgan fingerprint density at radius 2 is 2.05 bits per heavy atom. The summed E-state index contributed by atoms with van der Waals surface area (Å²) in [5.41, 5.74) is 0.872. The van der Waals surface area contributed by atoms with Gasteiger partial charge in [-0.1, -0.05) is 0 Å². The van der Waals surface area contributed by atoms with Gasteiger partial charge in [0.25, 0.3) is 0 Å². The molecule has 1 aliphatic heterocycles. The number of rotatable bonds is 3. The Morgan fingerprint density at radius 3 is 2.71 bits per heavy atom. The molecular weight excluding hydrogens is 336 g/mol. The van der Waals surface area contributed by atoms with Crippen LogP contribution >= 0.6 is 15.9 Å². The van der Waals surface area contributed by atoms with Crippen molar-refractivity contribution in [3.63, 3.8) is 0 Å². The molecule has 6 heteroatoms. The summed E-state index contributed by atoms with van der Waals surface area (Å²) in [6.45, 7) is 1.95. The second-order valence-electron chi connectivity index (χ2n) is 5.86. The standard InChI is InChI=1S/C15H17BrN2O3/c16-12-2-1-9(7-10(12)14(20)21)18-13(19)11-8-15(11)3-5-17-6-4-15/h1-2,7,11,17H,3-6,8H2,(H,18,19)(H,20,21). The van der Waals surface area contributed by atoms with E-state index in [2.05, 4.69) is 26.6 Å². The van der Waals surface area contributed by atoms with Gasteiger partial charge in [-0.25, -0.2) is 4.79 Å². The molecule has 1 amide bonds. The Morgan fingerprint density at radius 1 is 1.33 bits per heavy atom. The summed E-state index contributed by atoms with van der Waals surface area (Å²) >= 11 is 3.20. The van der Waals surface area contributed by atoms with Crippen molar-refractivity contribution in [3.05, 3.63) is 28.2 Å². The van der Waals surface area contributed by atoms with Gasteiger partial charge in [-0.3, -0.25) is 4.79 Å². The molecule has 1 saturated carbocycles. The number of anilines is 1. The molecule has 3 rings (SSSR count). The van der Waals surface area contributed by atoms with Crippen LogP contribution in [0.15, 0.2) is 22.7 Å². The van der Waals surface area contributed by atoms with Crippen molar-refractivity contribution in [1.82, 2.24) is 5.32 Å². The number of carbonyl (C=O) groups is 2. The van der Waals surface area contributed by atoms with Crippen molar-refractivity contribution in [2.75, 3.05) is 18.4 Å². The van der Waals surface area contributed by atoms with Crippen LogP contribution in [0.1, 0.15) is 29.6 Å². The Bertz CT molecular complexity index is 597. The third-order valence-electron chi connectivity index (χ3n) is 4.57. The molecule has 0 aromatic heterocycles. The summed E-state index contributed by atoms with van der Waals surface area (Å²) in [6, 6.07) is 4.85. The number of piperidine rings is 1. The number of halogens is 1. The number of carboxylic acid groups (broad SMARTS) is 1. The number of hydrogen-bond acceptors (Lipinski definition) is 3. The molecule has 0 radical (unpaired) electrons. The minimum atomic E-state index is -1.01. The number of nitrogens with one attached hydrogen (secondary N) is 2. The summed E-state index contributed by atoms with van der Waals surface area (Å²) in [5, 5.41) is 15.3. The lowest BCUT2D eigenvalue weighted by atomic mass is 9.92. The lowest BCUT2D eigenvalue weighted by molar-refractivity contribution is -0.118. The molecule has 1 spiro atoms. The Hall–Kier alpha value is -1.40. The lowest BCUT2D eigenvalue weighted by Gasteiger charge is -2.23. The Labute approximate surface area is 131 Å². The molecule has 3 N–H and O–H groups in total. The molecule has 0 bridgehead atoms. The van der Waals surface area contributed by atoms with Crippen molar-refractivity contribution >= 4 is 33.5 Å². The second-order valence-corrected chi connectivity index (χ2v) is 6.71. The highest BCUT2D eigenvalue weighted by Gasteiger charge is 2.57. The van der Waals surface area contributed by atoms with Crippen molar-refractivity contribution in [2.24, 2.45) is 11.3 Å². The zero-order chi connectivity index (χ0) is 15.0. The second kappa shape index (κ2) is 5.42. The summed E-state index contributed by atoms with van der Waals surface area (Å²) in [4.78, 5) is 23.4. The van der Waals surface area contributed by atoms with E-state index in [1.807, 2.05) is 0 Å². The molecule has 1 aromatic carbocycles. The summed E-state index contributed by atoms with van der Waals surface area (Å²) in [7, 11) is 0. The predicted molar refractivity (Wildman–Crippen MR) is 82.4 cm³/mol. The fourth-order valence-corrected chi connectivity index (χ4v) is 3.61. The molecular formula is C15H17BrN2O3. The maximum atomic E-state index is 12.3. The maximum Gasteiger partial charge on any atom is 0.336 e. The minimum Gasteiger partial charge on any atom is -0.478 e. The van der Waals surface area contributed by atoms with Gasteiger partial charge in [-0.05, 0) is 71.9 Å². The minimum absolute atomic E-state index is 0.00978. The van der Waals surface area contributed by atoms with Crippen LogP contribution in [0.3, 0.4) is 0 Å². The maximum absolute atomic E-state index is 12.3. The van der Waals surface area contributed by atoms with Crippen molar-refractivity contribution in [3.8, 4) is 0 Å². The largest absolute Gasteiger partial charge is 0.478 e. The van der Waals surface area contributed by atoms with Gasteiger partial charge >= 0.3 is 5.97 Å². The molecule has 2 aliphatic rings. The zero-order valence-corrected chi connectivity index (χ0v) is 13.1. The quantitative estimate of drug-likeness (QED) is 0.780. The molecule has 21 heavy (non-hydrogen) atoms. The Balaban J connectivity index is 1.68. The first kappa shape index (κ1) is 14.5. The number of aromatic carboxylic acids is 1. The van der Waals surface area contributed by atoms with Crippen LogP contribution in [-0.2, 0) is 4.79 Å². The van der Waals surface area contributed by atoms with Gasteiger partial charge in [-0.15, -0.1) is 0 Å². The number of amides is 1. The molecule has 2 fully saturated rings. The fourth-order valence-electron chi connectivity index (χ4n) is 3.19. The third kappa shape index (κ3) is 2.82. The zero-order valence-electron chi connectivity index (χ0n) is 11.5. The fraction of sp³-hybridized carbons (Fsp3) is 0.467. The highest BCUT2D eigenvalue weighted by atomic mass is 79.9. The normalized spacial score (nSPS) is 22.8. The summed E-state index contributed by atoms with van der Waals surface area (Å²) in [6.07, 6.45) is 3.04. The number of benzene rings is 1. The van der Waals surface area contributed by atoms with Gasteiger partial charge in [0.15, 0.2) is 0 Å². The number of carbonyl (C=O) groups excluding carboxylic acids is 1. The average Bonchev–Trinajstić information content (AvgIpc) is 3.15. The summed E-state index contributed by atoms with van der Waals surface area (Å²) in [5.74, 6) is -0.939. The molecule has 112 valence electrons. The van der Waals surface area contributed by atoms with Crippen molar-refractivity contribution < 1.29 is 14.7 Å². The van der Waals surface area contributed by atoms with Crippen LogP contribution in [0.4, 0.5) is 5.69 Å². The van der Waals surface area contributed by atoms with Gasteiger partial charge < -0.3 is 15.7 Å². The van der Waals surface area contributed by atoms with E-state index in [1.54, 1.807) is 12.1 Å². The van der Waals surface area contributed by atoms with Gasteiger partial charge in [-0.2, -0.15) is 0 Å². The molecule has 1 atom stereocenters.